The first-order chi connectivity index (χ1) is 21.7. The predicted molar refractivity (Wildman–Crippen MR) is 173 cm³/mol. The number of nitrogens with one attached hydrogen (secondary N) is 1. The van der Waals surface area contributed by atoms with Crippen LogP contribution in [0.5, 0.6) is 11.5 Å². The topological polar surface area (TPSA) is 123 Å². The highest BCUT2D eigenvalue weighted by molar-refractivity contribution is 6.30. The van der Waals surface area contributed by atoms with E-state index in [1.165, 1.54) is 5.57 Å². The quantitative estimate of drug-likeness (QED) is 0.173. The van der Waals surface area contributed by atoms with Gasteiger partial charge in [-0.05, 0) is 61.1 Å². The monoisotopic (exact) mass is 627 g/mol. The van der Waals surface area contributed by atoms with E-state index in [4.69, 9.17) is 16.0 Å². The minimum atomic E-state index is -0.569. The number of phenols is 2. The number of carbonyl (C=O) groups excluding carboxylic acids is 2. The van der Waals surface area contributed by atoms with Crippen molar-refractivity contribution in [3.63, 3.8) is 0 Å². The van der Waals surface area contributed by atoms with Crippen molar-refractivity contribution in [1.82, 2.24) is 10.2 Å². The van der Waals surface area contributed by atoms with Gasteiger partial charge in [0.1, 0.15) is 5.58 Å². The fraction of sp³-hybridized carbons (Fsp3) is 0.286. The van der Waals surface area contributed by atoms with Gasteiger partial charge in [0.15, 0.2) is 22.7 Å². The fourth-order valence-corrected chi connectivity index (χ4v) is 6.20. The molecule has 4 aromatic rings. The average Bonchev–Trinajstić information content (AvgIpc) is 3.43. The first-order valence-corrected chi connectivity index (χ1v) is 15.5. The van der Waals surface area contributed by atoms with Gasteiger partial charge in [-0.1, -0.05) is 53.6 Å². The summed E-state index contributed by atoms with van der Waals surface area (Å²) in [5, 5.41) is 23.3. The number of phenolic OH excluding ortho intramolecular Hbond substituents is 2. The Balaban J connectivity index is 1.20. The van der Waals surface area contributed by atoms with Crippen LogP contribution in [0.3, 0.4) is 0 Å². The van der Waals surface area contributed by atoms with Gasteiger partial charge >= 0.3 is 0 Å². The Hall–Kier alpha value is -4.76. The summed E-state index contributed by atoms with van der Waals surface area (Å²) in [6.45, 7) is 3.02. The zero-order valence-corrected chi connectivity index (χ0v) is 25.4. The molecule has 45 heavy (non-hydrogen) atoms. The Morgan fingerprint density at radius 2 is 1.69 bits per heavy atom. The third kappa shape index (κ3) is 6.99. The summed E-state index contributed by atoms with van der Waals surface area (Å²) < 4.78 is 5.67. The number of anilines is 1. The van der Waals surface area contributed by atoms with Crippen molar-refractivity contribution in [3.05, 3.63) is 111 Å². The first-order valence-electron chi connectivity index (χ1n) is 15.1. The maximum atomic E-state index is 13.4. The molecule has 2 aliphatic heterocycles. The molecule has 3 N–H and O–H groups in total. The number of hydrogen-bond donors (Lipinski definition) is 3. The zero-order valence-electron chi connectivity index (χ0n) is 24.7. The van der Waals surface area contributed by atoms with E-state index in [-0.39, 0.29) is 22.6 Å². The normalized spacial score (nSPS) is 15.8. The molecule has 0 unspecified atom stereocenters. The van der Waals surface area contributed by atoms with Crippen LogP contribution in [0.2, 0.25) is 5.02 Å². The highest BCUT2D eigenvalue weighted by Crippen LogP contribution is 2.30. The molecule has 2 saturated heterocycles. The number of para-hydroxylation sites is 1. The fourth-order valence-electron chi connectivity index (χ4n) is 6.07. The molecular weight excluding hydrogens is 594 g/mol. The molecule has 9 nitrogen and oxygen atoms in total. The average molecular weight is 628 g/mol. The number of nitrogens with zero attached hydrogens (tertiary/aromatic N) is 2. The van der Waals surface area contributed by atoms with Gasteiger partial charge in [0.2, 0.25) is 5.91 Å². The van der Waals surface area contributed by atoms with E-state index in [2.05, 4.69) is 28.4 Å². The van der Waals surface area contributed by atoms with E-state index in [9.17, 15) is 24.6 Å². The van der Waals surface area contributed by atoms with E-state index < -0.39 is 28.9 Å². The molecule has 0 bridgehead atoms. The Bertz CT molecular complexity index is 1820. The van der Waals surface area contributed by atoms with Crippen molar-refractivity contribution in [2.24, 2.45) is 0 Å². The zero-order chi connectivity index (χ0) is 31.5. The molecule has 6 rings (SSSR count). The van der Waals surface area contributed by atoms with Gasteiger partial charge in [0.05, 0.1) is 11.4 Å². The minimum Gasteiger partial charge on any atom is -0.504 e. The first kappa shape index (κ1) is 30.3. The molecule has 3 aromatic carbocycles. The molecule has 10 heteroatoms. The molecule has 2 aliphatic rings. The second kappa shape index (κ2) is 13.1. The van der Waals surface area contributed by atoms with Gasteiger partial charge in [0, 0.05) is 55.4 Å². The van der Waals surface area contributed by atoms with Crippen molar-refractivity contribution in [3.8, 4) is 11.5 Å². The molecule has 0 aliphatic carbocycles. The second-order valence-electron chi connectivity index (χ2n) is 11.6. The largest absolute Gasteiger partial charge is 0.504 e. The molecule has 0 radical (unpaired) electrons. The van der Waals surface area contributed by atoms with Gasteiger partial charge in [0.25, 0.3) is 5.91 Å². The summed E-state index contributed by atoms with van der Waals surface area (Å²) in [6, 6.07) is 18.6. The van der Waals surface area contributed by atoms with Crippen molar-refractivity contribution in [2.45, 2.75) is 44.7 Å². The van der Waals surface area contributed by atoms with Crippen LogP contribution in [-0.2, 0) is 17.8 Å². The standard InChI is InChI=1S/C35H34ClN3O6/c36-25-9-7-22(8-10-25)16-26(37-35(44)33-19-29(40)27-18-30(41)31(42)20-32(27)45-33)17-23-11-14-38(15-12-23)28-5-2-1-4-24(28)21-39-13-3-6-34(39)43/h1-2,4-5,7-10,17-20,26,41-42H,3,6,11-16,21H2,(H,37,44)/t26-/m0/s1. The number of hydrogen-bond acceptors (Lipinski definition) is 7. The van der Waals surface area contributed by atoms with Crippen molar-refractivity contribution in [1.29, 1.82) is 0 Å². The highest BCUT2D eigenvalue weighted by Gasteiger charge is 2.24. The maximum absolute atomic E-state index is 13.4. The van der Waals surface area contributed by atoms with E-state index in [1.54, 1.807) is 12.1 Å². The third-order valence-electron chi connectivity index (χ3n) is 8.44. The third-order valence-corrected chi connectivity index (χ3v) is 8.69. The van der Waals surface area contributed by atoms with E-state index in [0.717, 1.165) is 73.9 Å². The second-order valence-corrected chi connectivity index (χ2v) is 12.0. The molecule has 232 valence electrons. The van der Waals surface area contributed by atoms with Gasteiger partial charge in [-0.2, -0.15) is 0 Å². The minimum absolute atomic E-state index is 0.00249. The van der Waals surface area contributed by atoms with E-state index >= 15 is 0 Å². The lowest BCUT2D eigenvalue weighted by molar-refractivity contribution is -0.128. The summed E-state index contributed by atoms with van der Waals surface area (Å²) >= 11 is 6.10. The lowest BCUT2D eigenvalue weighted by atomic mass is 9.97. The van der Waals surface area contributed by atoms with Crippen molar-refractivity contribution < 1.29 is 24.2 Å². The highest BCUT2D eigenvalue weighted by atomic mass is 35.5. The molecule has 1 aromatic heterocycles. The molecule has 0 saturated carbocycles. The van der Waals surface area contributed by atoms with Gasteiger partial charge in [-0.25, -0.2) is 0 Å². The van der Waals surface area contributed by atoms with Crippen LogP contribution >= 0.6 is 11.6 Å². The van der Waals surface area contributed by atoms with Crippen LogP contribution in [0.1, 0.15) is 47.4 Å². The van der Waals surface area contributed by atoms with E-state index in [1.807, 2.05) is 29.2 Å². The summed E-state index contributed by atoms with van der Waals surface area (Å²) in [5.41, 5.74) is 3.97. The van der Waals surface area contributed by atoms with Crippen LogP contribution in [0.25, 0.3) is 11.0 Å². The Kier molecular flexibility index (Phi) is 8.80. The molecule has 3 heterocycles. The summed E-state index contributed by atoms with van der Waals surface area (Å²) in [5.74, 6) is -1.45. The Morgan fingerprint density at radius 1 is 0.956 bits per heavy atom. The van der Waals surface area contributed by atoms with Crippen LogP contribution < -0.4 is 15.6 Å². The SMILES string of the molecule is O=C(N[C@H](C=C1CCN(c2ccccc2CN2CCCC2=O)CC1)Cc1ccc(Cl)cc1)c1cc(=O)c2cc(O)c(O)cc2o1. The number of amides is 2. The van der Waals surface area contributed by atoms with Gasteiger partial charge in [-0.3, -0.25) is 14.4 Å². The summed E-state index contributed by atoms with van der Waals surface area (Å²) in [6.07, 6.45) is 5.72. The lowest BCUT2D eigenvalue weighted by Gasteiger charge is -2.33. The number of benzene rings is 3. The molecular formula is C35H34ClN3O6. The smallest absolute Gasteiger partial charge is 0.287 e. The molecule has 0 spiro atoms. The van der Waals surface area contributed by atoms with Gasteiger partial charge < -0.3 is 29.7 Å². The summed E-state index contributed by atoms with van der Waals surface area (Å²) in [7, 11) is 0. The van der Waals surface area contributed by atoms with Crippen molar-refractivity contribution >= 4 is 40.1 Å². The van der Waals surface area contributed by atoms with Crippen LogP contribution in [0.4, 0.5) is 5.69 Å². The Labute approximate surface area is 265 Å². The van der Waals surface area contributed by atoms with Crippen LogP contribution in [0.15, 0.2) is 87.6 Å². The molecule has 2 fully saturated rings. The van der Waals surface area contributed by atoms with Crippen LogP contribution in [0, 0.1) is 0 Å². The van der Waals surface area contributed by atoms with Crippen molar-refractivity contribution in [2.75, 3.05) is 24.5 Å². The Morgan fingerprint density at radius 3 is 2.42 bits per heavy atom. The number of aromatic hydroxyl groups is 2. The number of rotatable bonds is 8. The number of likely N-dealkylation sites (tertiary alicyclic amines) is 1. The maximum Gasteiger partial charge on any atom is 0.287 e. The number of piperidine rings is 1. The summed E-state index contributed by atoms with van der Waals surface area (Å²) in [4.78, 5) is 42.6. The van der Waals surface area contributed by atoms with E-state index in [0.29, 0.717) is 24.4 Å². The molecule has 1 atom stereocenters. The van der Waals surface area contributed by atoms with Gasteiger partial charge in [-0.15, -0.1) is 0 Å². The lowest BCUT2D eigenvalue weighted by Crippen LogP contribution is -2.37. The number of halogens is 1. The number of carbonyl (C=O) groups is 2. The predicted octanol–water partition coefficient (Wildman–Crippen LogP) is 5.55. The van der Waals surface area contributed by atoms with Crippen LogP contribution in [-0.4, -0.2) is 52.6 Å². The number of fused-ring (bicyclic) bond motifs is 1. The molecule has 2 amide bonds.